The Morgan fingerprint density at radius 1 is 1.00 bits per heavy atom. The van der Waals surface area contributed by atoms with Gasteiger partial charge < -0.3 is 5.11 Å². The van der Waals surface area contributed by atoms with E-state index >= 15 is 0 Å². The summed E-state index contributed by atoms with van der Waals surface area (Å²) in [6.07, 6.45) is 0. The molecule has 0 aromatic heterocycles. The van der Waals surface area contributed by atoms with Crippen molar-refractivity contribution in [2.75, 3.05) is 0 Å². The van der Waals surface area contributed by atoms with Crippen LogP contribution in [0.4, 0.5) is 4.39 Å². The molecule has 0 spiro atoms. The van der Waals surface area contributed by atoms with E-state index in [9.17, 15) is 9.50 Å². The van der Waals surface area contributed by atoms with Crippen molar-refractivity contribution >= 4 is 0 Å². The van der Waals surface area contributed by atoms with Crippen LogP contribution >= 0.6 is 0 Å². The standard InChI is InChI=1S/C16H17FO/c1-11-4-6-13(7-5-11)16(3,18)15-9-8-14(17)10-12(15)2/h4-10,18H,1-3H3. The van der Waals surface area contributed by atoms with Crippen LogP contribution in [0.15, 0.2) is 42.5 Å². The van der Waals surface area contributed by atoms with Crippen LogP contribution in [0.25, 0.3) is 0 Å². The van der Waals surface area contributed by atoms with Crippen LogP contribution in [0.1, 0.15) is 29.2 Å². The Balaban J connectivity index is 2.50. The van der Waals surface area contributed by atoms with Crippen LogP contribution in [0.3, 0.4) is 0 Å². The van der Waals surface area contributed by atoms with Gasteiger partial charge in [-0.05, 0) is 49.6 Å². The fourth-order valence-corrected chi connectivity index (χ4v) is 2.21. The van der Waals surface area contributed by atoms with Crippen molar-refractivity contribution in [1.29, 1.82) is 0 Å². The van der Waals surface area contributed by atoms with Crippen molar-refractivity contribution in [3.63, 3.8) is 0 Å². The van der Waals surface area contributed by atoms with Crippen molar-refractivity contribution in [1.82, 2.24) is 0 Å². The minimum Gasteiger partial charge on any atom is -0.381 e. The lowest BCUT2D eigenvalue weighted by Gasteiger charge is -2.26. The Bertz CT molecular complexity index is 556. The van der Waals surface area contributed by atoms with Gasteiger partial charge in [-0.15, -0.1) is 0 Å². The number of aliphatic hydroxyl groups is 1. The molecule has 0 heterocycles. The van der Waals surface area contributed by atoms with Crippen LogP contribution in [0.5, 0.6) is 0 Å². The molecule has 0 aliphatic heterocycles. The van der Waals surface area contributed by atoms with E-state index in [4.69, 9.17) is 0 Å². The van der Waals surface area contributed by atoms with Gasteiger partial charge in [-0.3, -0.25) is 0 Å². The summed E-state index contributed by atoms with van der Waals surface area (Å²) in [6.45, 7) is 5.54. The van der Waals surface area contributed by atoms with Gasteiger partial charge in [0.25, 0.3) is 0 Å². The minimum atomic E-state index is -1.11. The van der Waals surface area contributed by atoms with Crippen molar-refractivity contribution in [3.05, 3.63) is 70.5 Å². The van der Waals surface area contributed by atoms with Crippen LogP contribution in [-0.2, 0) is 5.60 Å². The predicted octanol–water partition coefficient (Wildman–Crippen LogP) is 3.70. The van der Waals surface area contributed by atoms with E-state index in [0.717, 1.165) is 22.3 Å². The topological polar surface area (TPSA) is 20.2 Å². The second-order valence-electron chi connectivity index (χ2n) is 4.90. The SMILES string of the molecule is Cc1ccc(C(C)(O)c2ccc(F)cc2C)cc1. The fraction of sp³-hybridized carbons (Fsp3) is 0.250. The molecule has 0 saturated carbocycles. The molecule has 2 aromatic rings. The molecule has 0 amide bonds. The quantitative estimate of drug-likeness (QED) is 0.854. The van der Waals surface area contributed by atoms with E-state index in [2.05, 4.69) is 0 Å². The zero-order valence-electron chi connectivity index (χ0n) is 10.9. The van der Waals surface area contributed by atoms with Gasteiger partial charge in [0.1, 0.15) is 11.4 Å². The van der Waals surface area contributed by atoms with Crippen LogP contribution in [0, 0.1) is 19.7 Å². The van der Waals surface area contributed by atoms with Crippen molar-refractivity contribution in [2.24, 2.45) is 0 Å². The number of aryl methyl sites for hydroxylation is 2. The normalized spacial score (nSPS) is 14.3. The second kappa shape index (κ2) is 4.54. The molecule has 2 rings (SSSR count). The lowest BCUT2D eigenvalue weighted by Crippen LogP contribution is -2.24. The lowest BCUT2D eigenvalue weighted by molar-refractivity contribution is 0.101. The minimum absolute atomic E-state index is 0.282. The van der Waals surface area contributed by atoms with Crippen LogP contribution in [0.2, 0.25) is 0 Å². The maximum atomic E-state index is 13.1. The van der Waals surface area contributed by atoms with Gasteiger partial charge in [-0.2, -0.15) is 0 Å². The fourth-order valence-electron chi connectivity index (χ4n) is 2.21. The Kier molecular flexibility index (Phi) is 3.22. The first-order valence-corrected chi connectivity index (χ1v) is 5.97. The molecule has 1 N–H and O–H groups in total. The monoisotopic (exact) mass is 244 g/mol. The molecule has 0 aliphatic rings. The largest absolute Gasteiger partial charge is 0.381 e. The summed E-state index contributed by atoms with van der Waals surface area (Å²) in [5, 5.41) is 10.7. The highest BCUT2D eigenvalue weighted by molar-refractivity contribution is 5.40. The van der Waals surface area contributed by atoms with Crippen molar-refractivity contribution < 1.29 is 9.50 Å². The first-order chi connectivity index (χ1) is 8.41. The van der Waals surface area contributed by atoms with E-state index in [1.807, 2.05) is 31.2 Å². The van der Waals surface area contributed by atoms with Gasteiger partial charge in [0, 0.05) is 0 Å². The molecule has 18 heavy (non-hydrogen) atoms. The molecule has 0 bridgehead atoms. The van der Waals surface area contributed by atoms with Crippen LogP contribution in [-0.4, -0.2) is 5.11 Å². The first-order valence-electron chi connectivity index (χ1n) is 5.97. The third kappa shape index (κ3) is 2.29. The molecule has 0 radical (unpaired) electrons. The van der Waals surface area contributed by atoms with Gasteiger partial charge in [0.05, 0.1) is 0 Å². The molecule has 0 fully saturated rings. The number of hydrogen-bond donors (Lipinski definition) is 1. The molecular formula is C16H17FO. The molecule has 2 aromatic carbocycles. The van der Waals surface area contributed by atoms with E-state index in [0.29, 0.717) is 0 Å². The predicted molar refractivity (Wildman–Crippen MR) is 71.0 cm³/mol. The highest BCUT2D eigenvalue weighted by Gasteiger charge is 2.27. The third-order valence-electron chi connectivity index (χ3n) is 3.33. The maximum absolute atomic E-state index is 13.1. The summed E-state index contributed by atoms with van der Waals surface area (Å²) in [5.41, 5.74) is 2.33. The molecule has 1 nitrogen and oxygen atoms in total. The zero-order valence-corrected chi connectivity index (χ0v) is 10.9. The van der Waals surface area contributed by atoms with Crippen LogP contribution < -0.4 is 0 Å². The average molecular weight is 244 g/mol. The van der Waals surface area contributed by atoms with E-state index in [-0.39, 0.29) is 5.82 Å². The highest BCUT2D eigenvalue weighted by Crippen LogP contribution is 2.31. The molecule has 1 unspecified atom stereocenters. The van der Waals surface area contributed by atoms with Gasteiger partial charge in [0.2, 0.25) is 0 Å². The molecule has 1 atom stereocenters. The van der Waals surface area contributed by atoms with E-state index < -0.39 is 5.60 Å². The average Bonchev–Trinajstić information content (AvgIpc) is 2.29. The molecule has 94 valence electrons. The highest BCUT2D eigenvalue weighted by atomic mass is 19.1. The number of hydrogen-bond acceptors (Lipinski definition) is 1. The number of rotatable bonds is 2. The summed E-state index contributed by atoms with van der Waals surface area (Å²) < 4.78 is 13.1. The first kappa shape index (κ1) is 12.8. The maximum Gasteiger partial charge on any atom is 0.123 e. The van der Waals surface area contributed by atoms with E-state index in [1.54, 1.807) is 19.9 Å². The van der Waals surface area contributed by atoms with Crippen molar-refractivity contribution in [3.8, 4) is 0 Å². The lowest BCUT2D eigenvalue weighted by atomic mass is 9.85. The van der Waals surface area contributed by atoms with E-state index in [1.165, 1.54) is 12.1 Å². The summed E-state index contributed by atoms with van der Waals surface area (Å²) in [5.74, 6) is -0.282. The summed E-state index contributed by atoms with van der Waals surface area (Å²) in [7, 11) is 0. The number of halogens is 1. The Hall–Kier alpha value is -1.67. The Morgan fingerprint density at radius 3 is 2.17 bits per heavy atom. The van der Waals surface area contributed by atoms with Crippen molar-refractivity contribution in [2.45, 2.75) is 26.4 Å². The second-order valence-corrected chi connectivity index (χ2v) is 4.90. The smallest absolute Gasteiger partial charge is 0.123 e. The number of benzene rings is 2. The van der Waals surface area contributed by atoms with Gasteiger partial charge in [-0.25, -0.2) is 4.39 Å². The summed E-state index contributed by atoms with van der Waals surface area (Å²) >= 11 is 0. The molecule has 0 saturated heterocycles. The zero-order chi connectivity index (χ0) is 13.3. The molecule has 2 heteroatoms. The summed E-state index contributed by atoms with van der Waals surface area (Å²) in [4.78, 5) is 0. The third-order valence-corrected chi connectivity index (χ3v) is 3.33. The van der Waals surface area contributed by atoms with Gasteiger partial charge >= 0.3 is 0 Å². The molecular weight excluding hydrogens is 227 g/mol. The summed E-state index contributed by atoms with van der Waals surface area (Å²) in [6, 6.07) is 12.2. The van der Waals surface area contributed by atoms with Gasteiger partial charge in [-0.1, -0.05) is 35.9 Å². The Labute approximate surface area is 107 Å². The molecule has 0 aliphatic carbocycles. The van der Waals surface area contributed by atoms with Gasteiger partial charge in [0.15, 0.2) is 0 Å². The Morgan fingerprint density at radius 2 is 1.61 bits per heavy atom.